The number of carbonyl (C=O) groups excluding carboxylic acids is 1. The zero-order chi connectivity index (χ0) is 20.4. The molecule has 1 heterocycles. The number of nitrogen functional groups attached to an aromatic ring is 1. The molecule has 12 heteroatoms. The summed E-state index contributed by atoms with van der Waals surface area (Å²) in [5.74, 6) is -0.924. The minimum absolute atomic E-state index is 0.0386. The number of rotatable bonds is 7. The summed E-state index contributed by atoms with van der Waals surface area (Å²) in [5, 5.41) is 0.910. The van der Waals surface area contributed by atoms with E-state index in [2.05, 4.69) is 6.58 Å². The fraction of sp³-hybridized carbons (Fsp3) is 0.400. The molecule has 150 valence electrons. The molecule has 0 aliphatic carbocycles. The van der Waals surface area contributed by atoms with Gasteiger partial charge >= 0.3 is 0 Å². The molecule has 2 rings (SSSR count). The Kier molecular flexibility index (Phi) is 6.14. The van der Waals surface area contributed by atoms with Crippen LogP contribution in [0.25, 0.3) is 0 Å². The summed E-state index contributed by atoms with van der Waals surface area (Å²) in [6, 6.07) is 2.51. The number of nitrogens with two attached hydrogens (primary N) is 2. The fourth-order valence-electron chi connectivity index (χ4n) is 2.91. The third-order valence-corrected chi connectivity index (χ3v) is 6.52. The second kappa shape index (κ2) is 7.84. The van der Waals surface area contributed by atoms with Crippen LogP contribution in [0.2, 0.25) is 0 Å². The molecule has 0 bridgehead atoms. The van der Waals surface area contributed by atoms with Crippen molar-refractivity contribution >= 4 is 37.2 Å². The molecule has 1 saturated heterocycles. The molecular formula is C15H22N4O6S2. The quantitative estimate of drug-likeness (QED) is 0.383. The Labute approximate surface area is 158 Å². The van der Waals surface area contributed by atoms with E-state index in [1.807, 2.05) is 4.90 Å². The highest BCUT2D eigenvalue weighted by Crippen LogP contribution is 2.34. The third-order valence-electron chi connectivity index (χ3n) is 4.32. The van der Waals surface area contributed by atoms with Gasteiger partial charge in [0.1, 0.15) is 4.90 Å². The number of primary amides is 1. The number of amides is 1. The van der Waals surface area contributed by atoms with Gasteiger partial charge in [0.25, 0.3) is 16.0 Å². The van der Waals surface area contributed by atoms with E-state index >= 15 is 0 Å². The van der Waals surface area contributed by atoms with Gasteiger partial charge in [-0.25, -0.2) is 8.42 Å². The predicted octanol–water partition coefficient (Wildman–Crippen LogP) is -0.705. The van der Waals surface area contributed by atoms with Gasteiger partial charge in [-0.2, -0.15) is 8.42 Å². The molecule has 1 aliphatic rings. The van der Waals surface area contributed by atoms with Gasteiger partial charge in [0.15, 0.2) is 9.84 Å². The molecule has 1 aromatic rings. The van der Waals surface area contributed by atoms with E-state index < -0.39 is 30.8 Å². The highest BCUT2D eigenvalue weighted by molar-refractivity contribution is 7.94. The lowest BCUT2D eigenvalue weighted by molar-refractivity contribution is 0.100. The van der Waals surface area contributed by atoms with Gasteiger partial charge in [-0.15, -0.1) is 0 Å². The van der Waals surface area contributed by atoms with Crippen LogP contribution < -0.4 is 16.4 Å². The van der Waals surface area contributed by atoms with Crippen LogP contribution in [0.1, 0.15) is 10.4 Å². The lowest BCUT2D eigenvalue weighted by Gasteiger charge is -2.37. The fourth-order valence-corrected chi connectivity index (χ4v) is 4.43. The lowest BCUT2D eigenvalue weighted by Crippen LogP contribution is -2.48. The molecule has 5 N–H and O–H groups in total. The number of nitrogens with zero attached hydrogens (tertiary/aromatic N) is 2. The first-order chi connectivity index (χ1) is 12.5. The molecule has 0 unspecified atom stereocenters. The van der Waals surface area contributed by atoms with E-state index in [4.69, 9.17) is 11.5 Å². The Morgan fingerprint density at radius 3 is 2.26 bits per heavy atom. The van der Waals surface area contributed by atoms with Crippen molar-refractivity contribution in [1.29, 1.82) is 0 Å². The van der Waals surface area contributed by atoms with E-state index in [1.165, 1.54) is 12.1 Å². The Bertz CT molecular complexity index is 951. The maximum atomic E-state index is 11.8. The molecule has 1 fully saturated rings. The molecule has 1 aromatic carbocycles. The van der Waals surface area contributed by atoms with Crippen LogP contribution in [0, 0.1) is 0 Å². The largest absolute Gasteiger partial charge is 0.398 e. The SMILES string of the molecule is C=CS(=O)(=O)CCN1CCN(c2c(C(N)=O)ccc(N)c2S(=O)(=O)O)CC1. The first kappa shape index (κ1) is 21.2. The van der Waals surface area contributed by atoms with Crippen LogP contribution in [0.3, 0.4) is 0 Å². The van der Waals surface area contributed by atoms with Crippen LogP contribution in [-0.2, 0) is 20.0 Å². The van der Waals surface area contributed by atoms with Crippen molar-refractivity contribution in [2.75, 3.05) is 49.1 Å². The van der Waals surface area contributed by atoms with Gasteiger partial charge in [0.05, 0.1) is 22.7 Å². The highest BCUT2D eigenvalue weighted by atomic mass is 32.2. The molecule has 0 aromatic heterocycles. The standard InChI is InChI=1S/C15H22N4O6S2/c1-2-26(21,22)10-9-18-5-7-19(8-6-18)13-11(15(17)20)3-4-12(16)14(13)27(23,24)25/h2-4H,1,5-10,16H2,(H2,17,20)(H,23,24,25). The van der Waals surface area contributed by atoms with Gasteiger partial charge in [-0.1, -0.05) is 6.58 Å². The van der Waals surface area contributed by atoms with Crippen molar-refractivity contribution in [3.05, 3.63) is 29.7 Å². The number of hydrogen-bond acceptors (Lipinski definition) is 8. The van der Waals surface area contributed by atoms with Gasteiger partial charge in [0, 0.05) is 38.1 Å². The van der Waals surface area contributed by atoms with E-state index in [-0.39, 0.29) is 22.7 Å². The topological polar surface area (TPSA) is 164 Å². The van der Waals surface area contributed by atoms with Gasteiger partial charge in [-0.05, 0) is 12.1 Å². The van der Waals surface area contributed by atoms with Crippen LogP contribution >= 0.6 is 0 Å². The average Bonchev–Trinajstić information content (AvgIpc) is 2.59. The van der Waals surface area contributed by atoms with E-state index in [0.717, 1.165) is 5.41 Å². The van der Waals surface area contributed by atoms with Crippen LogP contribution in [0.15, 0.2) is 29.0 Å². The minimum atomic E-state index is -4.69. The first-order valence-electron chi connectivity index (χ1n) is 7.98. The van der Waals surface area contributed by atoms with E-state index in [9.17, 15) is 26.2 Å². The number of piperazine rings is 1. The highest BCUT2D eigenvalue weighted by Gasteiger charge is 2.30. The summed E-state index contributed by atoms with van der Waals surface area (Å²) in [6.07, 6.45) is 0. The summed E-state index contributed by atoms with van der Waals surface area (Å²) in [7, 11) is -8.01. The lowest BCUT2D eigenvalue weighted by atomic mass is 10.1. The Morgan fingerprint density at radius 2 is 1.78 bits per heavy atom. The zero-order valence-corrected chi connectivity index (χ0v) is 16.2. The summed E-state index contributed by atoms with van der Waals surface area (Å²) in [6.45, 7) is 4.99. The maximum Gasteiger partial charge on any atom is 0.298 e. The summed E-state index contributed by atoms with van der Waals surface area (Å²) >= 11 is 0. The molecular weight excluding hydrogens is 396 g/mol. The molecule has 1 amide bonds. The van der Waals surface area contributed by atoms with Crippen LogP contribution in [-0.4, -0.2) is 70.7 Å². The van der Waals surface area contributed by atoms with E-state index in [0.29, 0.717) is 32.7 Å². The van der Waals surface area contributed by atoms with Crippen molar-refractivity contribution in [3.8, 4) is 0 Å². The first-order valence-corrected chi connectivity index (χ1v) is 11.1. The Balaban J connectivity index is 2.29. The smallest absolute Gasteiger partial charge is 0.298 e. The molecule has 10 nitrogen and oxygen atoms in total. The van der Waals surface area contributed by atoms with E-state index in [1.54, 1.807) is 4.90 Å². The molecule has 1 aliphatic heterocycles. The number of benzene rings is 1. The Morgan fingerprint density at radius 1 is 1.19 bits per heavy atom. The predicted molar refractivity (Wildman–Crippen MR) is 102 cm³/mol. The molecule has 0 radical (unpaired) electrons. The number of sulfone groups is 1. The normalized spacial score (nSPS) is 16.3. The average molecular weight is 418 g/mol. The van der Waals surface area contributed by atoms with Crippen molar-refractivity contribution in [2.45, 2.75) is 4.90 Å². The molecule has 0 atom stereocenters. The van der Waals surface area contributed by atoms with Crippen molar-refractivity contribution in [1.82, 2.24) is 4.90 Å². The Hall–Kier alpha value is -2.15. The second-order valence-corrected chi connectivity index (χ2v) is 9.51. The number of hydrogen-bond donors (Lipinski definition) is 3. The van der Waals surface area contributed by atoms with Gasteiger partial charge < -0.3 is 16.4 Å². The monoisotopic (exact) mass is 418 g/mol. The molecule has 0 spiro atoms. The maximum absolute atomic E-state index is 11.8. The molecule has 0 saturated carbocycles. The van der Waals surface area contributed by atoms with Crippen molar-refractivity contribution in [3.63, 3.8) is 0 Å². The minimum Gasteiger partial charge on any atom is -0.398 e. The van der Waals surface area contributed by atoms with Crippen LogP contribution in [0.5, 0.6) is 0 Å². The summed E-state index contributed by atoms with van der Waals surface area (Å²) in [5.41, 5.74) is 10.8. The molecule has 27 heavy (non-hydrogen) atoms. The second-order valence-electron chi connectivity index (χ2n) is 6.08. The van der Waals surface area contributed by atoms with Crippen LogP contribution in [0.4, 0.5) is 11.4 Å². The summed E-state index contributed by atoms with van der Waals surface area (Å²) < 4.78 is 56.2. The number of anilines is 2. The van der Waals surface area contributed by atoms with Crippen molar-refractivity contribution in [2.24, 2.45) is 5.73 Å². The van der Waals surface area contributed by atoms with Crippen molar-refractivity contribution < 1.29 is 26.2 Å². The third kappa shape index (κ3) is 4.97. The van der Waals surface area contributed by atoms with Gasteiger partial charge in [0.2, 0.25) is 0 Å². The zero-order valence-electron chi connectivity index (χ0n) is 14.5. The number of carbonyl (C=O) groups is 1. The summed E-state index contributed by atoms with van der Waals surface area (Å²) in [4.78, 5) is 14.7. The van der Waals surface area contributed by atoms with Gasteiger partial charge in [-0.3, -0.25) is 14.2 Å².